The lowest BCUT2D eigenvalue weighted by molar-refractivity contribution is 0.0988. The maximum atomic E-state index is 14.0. The van der Waals surface area contributed by atoms with Crippen LogP contribution in [0.5, 0.6) is 0 Å². The van der Waals surface area contributed by atoms with Crippen LogP contribution in [0.4, 0.5) is 10.1 Å². The number of halogens is 1. The average Bonchev–Trinajstić information content (AvgIpc) is 3.40. The summed E-state index contributed by atoms with van der Waals surface area (Å²) in [5.41, 5.74) is 3.45. The highest BCUT2D eigenvalue weighted by molar-refractivity contribution is 7.13. The smallest absolute Gasteiger partial charge is 0.280 e. The predicted molar refractivity (Wildman–Crippen MR) is 103 cm³/mol. The molecule has 1 aliphatic rings. The first kappa shape index (κ1) is 16.0. The van der Waals surface area contributed by atoms with E-state index in [0.717, 1.165) is 21.8 Å². The number of carbonyl (C=O) groups excluding carboxylic acids is 1. The van der Waals surface area contributed by atoms with Crippen molar-refractivity contribution in [2.24, 2.45) is 0 Å². The summed E-state index contributed by atoms with van der Waals surface area (Å²) in [5.74, 6) is -0.521. The lowest BCUT2D eigenvalue weighted by Crippen LogP contribution is -2.29. The maximum Gasteiger partial charge on any atom is 0.280 e. The van der Waals surface area contributed by atoms with Crippen LogP contribution in [0.3, 0.4) is 0 Å². The molecule has 2 aromatic carbocycles. The SMILES string of the molecule is O=C1c2n[nH]c(-c3cccs3)c2C(c2cccc(F)c2)N1c1ccccc1. The molecular formula is C21H14FN3OS. The normalized spacial score (nSPS) is 16.0. The van der Waals surface area contributed by atoms with E-state index in [-0.39, 0.29) is 11.7 Å². The summed E-state index contributed by atoms with van der Waals surface area (Å²) in [5, 5.41) is 9.30. The molecule has 4 aromatic rings. The number of thiophene rings is 1. The Morgan fingerprint density at radius 2 is 1.89 bits per heavy atom. The van der Waals surface area contributed by atoms with Crippen molar-refractivity contribution < 1.29 is 9.18 Å². The zero-order valence-corrected chi connectivity index (χ0v) is 14.9. The number of fused-ring (bicyclic) bond motifs is 1. The Bertz CT molecular complexity index is 1120. The summed E-state index contributed by atoms with van der Waals surface area (Å²) in [6, 6.07) is 19.3. The van der Waals surface area contributed by atoms with Crippen LogP contribution in [-0.2, 0) is 0 Å². The summed E-state index contributed by atoms with van der Waals surface area (Å²) in [4.78, 5) is 15.9. The van der Waals surface area contributed by atoms with Gasteiger partial charge in [-0.3, -0.25) is 14.8 Å². The van der Waals surface area contributed by atoms with E-state index in [0.29, 0.717) is 11.3 Å². The van der Waals surface area contributed by atoms with E-state index in [1.807, 2.05) is 53.9 Å². The average molecular weight is 375 g/mol. The van der Waals surface area contributed by atoms with Crippen molar-refractivity contribution in [3.63, 3.8) is 0 Å². The van der Waals surface area contributed by atoms with Crippen molar-refractivity contribution in [2.45, 2.75) is 6.04 Å². The summed E-state index contributed by atoms with van der Waals surface area (Å²) in [7, 11) is 0. The van der Waals surface area contributed by atoms with Crippen LogP contribution in [-0.4, -0.2) is 16.1 Å². The number of para-hydroxylation sites is 1. The number of aromatic amines is 1. The van der Waals surface area contributed by atoms with Crippen molar-refractivity contribution in [2.75, 3.05) is 4.90 Å². The maximum absolute atomic E-state index is 14.0. The largest absolute Gasteiger partial charge is 0.295 e. The van der Waals surface area contributed by atoms with E-state index in [4.69, 9.17) is 0 Å². The first-order valence-electron chi connectivity index (χ1n) is 8.50. The van der Waals surface area contributed by atoms with Crippen LogP contribution in [0.15, 0.2) is 72.1 Å². The highest BCUT2D eigenvalue weighted by atomic mass is 32.1. The molecule has 0 saturated heterocycles. The Balaban J connectivity index is 1.75. The number of hydrogen-bond donors (Lipinski definition) is 1. The minimum atomic E-state index is -0.443. The Hall–Kier alpha value is -3.25. The van der Waals surface area contributed by atoms with Crippen LogP contribution >= 0.6 is 11.3 Å². The van der Waals surface area contributed by atoms with Crippen molar-refractivity contribution in [1.82, 2.24) is 10.2 Å². The fraction of sp³-hybridized carbons (Fsp3) is 0.0476. The minimum absolute atomic E-state index is 0.190. The lowest BCUT2D eigenvalue weighted by Gasteiger charge is -2.26. The van der Waals surface area contributed by atoms with Crippen LogP contribution in [0.25, 0.3) is 10.6 Å². The van der Waals surface area contributed by atoms with Crippen LogP contribution in [0.1, 0.15) is 27.7 Å². The fourth-order valence-corrected chi connectivity index (χ4v) is 4.33. The van der Waals surface area contributed by atoms with E-state index in [1.54, 1.807) is 22.3 Å². The van der Waals surface area contributed by atoms with Crippen LogP contribution in [0, 0.1) is 5.82 Å². The van der Waals surface area contributed by atoms with Crippen LogP contribution in [0.2, 0.25) is 0 Å². The van der Waals surface area contributed by atoms with Gasteiger partial charge in [0.15, 0.2) is 5.69 Å². The van der Waals surface area contributed by atoms with Gasteiger partial charge < -0.3 is 0 Å². The summed E-state index contributed by atoms with van der Waals surface area (Å²) in [6.07, 6.45) is 0. The monoisotopic (exact) mass is 375 g/mol. The molecule has 0 saturated carbocycles. The molecule has 1 atom stereocenters. The Morgan fingerprint density at radius 1 is 1.04 bits per heavy atom. The number of benzene rings is 2. The zero-order valence-electron chi connectivity index (χ0n) is 14.1. The molecule has 1 N–H and O–H groups in total. The van der Waals surface area contributed by atoms with Gasteiger partial charge in [-0.2, -0.15) is 5.10 Å². The number of nitrogens with one attached hydrogen (secondary N) is 1. The number of rotatable bonds is 3. The van der Waals surface area contributed by atoms with Gasteiger partial charge in [0, 0.05) is 11.3 Å². The Labute approximate surface area is 158 Å². The lowest BCUT2D eigenvalue weighted by atomic mass is 9.98. The molecule has 1 amide bonds. The van der Waals surface area contributed by atoms with Gasteiger partial charge in [-0.15, -0.1) is 11.3 Å². The van der Waals surface area contributed by atoms with Gasteiger partial charge in [0.2, 0.25) is 0 Å². The number of aromatic nitrogens is 2. The minimum Gasteiger partial charge on any atom is -0.295 e. The Morgan fingerprint density at radius 3 is 2.63 bits per heavy atom. The van der Waals surface area contributed by atoms with E-state index >= 15 is 0 Å². The van der Waals surface area contributed by atoms with E-state index in [9.17, 15) is 9.18 Å². The molecule has 0 spiro atoms. The molecule has 27 heavy (non-hydrogen) atoms. The number of amides is 1. The third kappa shape index (κ3) is 2.49. The molecule has 2 aromatic heterocycles. The van der Waals surface area contributed by atoms with Gasteiger partial charge >= 0.3 is 0 Å². The molecule has 0 fully saturated rings. The molecule has 132 valence electrons. The van der Waals surface area contributed by atoms with Crippen molar-refractivity contribution in [1.29, 1.82) is 0 Å². The van der Waals surface area contributed by atoms with Gasteiger partial charge in [0.25, 0.3) is 5.91 Å². The fourth-order valence-electron chi connectivity index (χ4n) is 3.60. The van der Waals surface area contributed by atoms with Crippen LogP contribution < -0.4 is 4.90 Å². The van der Waals surface area contributed by atoms with E-state index in [2.05, 4.69) is 10.2 Å². The molecule has 0 aliphatic carbocycles. The quantitative estimate of drug-likeness (QED) is 0.546. The number of H-pyrrole nitrogens is 1. The highest BCUT2D eigenvalue weighted by Crippen LogP contribution is 2.45. The number of carbonyl (C=O) groups is 1. The molecular weight excluding hydrogens is 361 g/mol. The molecule has 0 radical (unpaired) electrons. The van der Waals surface area contributed by atoms with Gasteiger partial charge in [-0.25, -0.2) is 4.39 Å². The summed E-state index contributed by atoms with van der Waals surface area (Å²) in [6.45, 7) is 0. The highest BCUT2D eigenvalue weighted by Gasteiger charge is 2.43. The predicted octanol–water partition coefficient (Wildman–Crippen LogP) is 5.03. The second-order valence-corrected chi connectivity index (χ2v) is 7.25. The van der Waals surface area contributed by atoms with E-state index < -0.39 is 6.04 Å². The van der Waals surface area contributed by atoms with Crippen molar-refractivity contribution >= 4 is 22.9 Å². The molecule has 6 heteroatoms. The van der Waals surface area contributed by atoms with Gasteiger partial charge in [-0.05, 0) is 41.3 Å². The summed E-state index contributed by atoms with van der Waals surface area (Å²) < 4.78 is 14.0. The Kier molecular flexibility index (Phi) is 3.65. The zero-order chi connectivity index (χ0) is 18.4. The van der Waals surface area contributed by atoms with Gasteiger partial charge in [0.1, 0.15) is 5.82 Å². The van der Waals surface area contributed by atoms with Crippen molar-refractivity contribution in [3.8, 4) is 10.6 Å². The third-order valence-electron chi connectivity index (χ3n) is 4.72. The van der Waals surface area contributed by atoms with E-state index in [1.165, 1.54) is 12.1 Å². The molecule has 1 aliphatic heterocycles. The second-order valence-electron chi connectivity index (χ2n) is 6.31. The van der Waals surface area contributed by atoms with Gasteiger partial charge in [0.05, 0.1) is 16.6 Å². The van der Waals surface area contributed by atoms with Gasteiger partial charge in [-0.1, -0.05) is 36.4 Å². The molecule has 4 nitrogen and oxygen atoms in total. The first-order chi connectivity index (χ1) is 13.2. The molecule has 3 heterocycles. The second kappa shape index (κ2) is 6.17. The molecule has 1 unspecified atom stereocenters. The number of anilines is 1. The summed E-state index contributed by atoms with van der Waals surface area (Å²) >= 11 is 1.57. The molecule has 0 bridgehead atoms. The number of nitrogens with zero attached hydrogens (tertiary/aromatic N) is 2. The standard InChI is InChI=1S/C21H14FN3OS/c22-14-7-4-6-13(12-14)20-17-18(16-10-5-11-27-16)23-24-19(17)21(26)25(20)15-8-2-1-3-9-15/h1-12,20H,(H,23,24). The third-order valence-corrected chi connectivity index (χ3v) is 5.61. The first-order valence-corrected chi connectivity index (χ1v) is 9.38. The number of hydrogen-bond acceptors (Lipinski definition) is 3. The topological polar surface area (TPSA) is 49.0 Å². The van der Waals surface area contributed by atoms with Crippen molar-refractivity contribution in [3.05, 3.63) is 94.7 Å². The molecule has 5 rings (SSSR count).